The summed E-state index contributed by atoms with van der Waals surface area (Å²) in [6.07, 6.45) is 15.9. The number of allylic oxidation sites excluding steroid dienone is 4. The molecule has 1 N–H and O–H groups in total. The van der Waals surface area contributed by atoms with E-state index < -0.39 is 0 Å². The zero-order valence-corrected chi connectivity index (χ0v) is 15.6. The molecule has 1 heteroatoms. The zero-order chi connectivity index (χ0) is 16.9. The Bertz CT molecular complexity index is 583. The molecule has 3 fully saturated rings. The van der Waals surface area contributed by atoms with Gasteiger partial charge in [0.15, 0.2) is 0 Å². The second kappa shape index (κ2) is 6.07. The van der Waals surface area contributed by atoms with E-state index in [1.807, 2.05) is 0 Å². The van der Waals surface area contributed by atoms with Gasteiger partial charge >= 0.3 is 0 Å². The maximum Gasteiger partial charge on any atom is 0.111 e. The van der Waals surface area contributed by atoms with Crippen molar-refractivity contribution in [2.24, 2.45) is 35.0 Å². The summed E-state index contributed by atoms with van der Waals surface area (Å²) in [6, 6.07) is 0. The van der Waals surface area contributed by atoms with E-state index >= 15 is 0 Å². The molecule has 0 amide bonds. The molecule has 4 aliphatic rings. The van der Waals surface area contributed by atoms with Gasteiger partial charge in [-0.25, -0.2) is 0 Å². The Morgan fingerprint density at radius 1 is 1.25 bits per heavy atom. The van der Waals surface area contributed by atoms with Crippen LogP contribution in [0.5, 0.6) is 0 Å². The van der Waals surface area contributed by atoms with Crippen molar-refractivity contribution in [2.45, 2.75) is 71.6 Å². The lowest BCUT2D eigenvalue weighted by Crippen LogP contribution is -2.46. The lowest BCUT2D eigenvalue weighted by molar-refractivity contribution is -0.0128. The van der Waals surface area contributed by atoms with Crippen LogP contribution in [0.2, 0.25) is 0 Å². The van der Waals surface area contributed by atoms with E-state index in [-0.39, 0.29) is 0 Å². The van der Waals surface area contributed by atoms with Crippen LogP contribution in [0.1, 0.15) is 71.6 Å². The molecular weight excluding hydrogens is 292 g/mol. The summed E-state index contributed by atoms with van der Waals surface area (Å²) in [5.74, 6) is 4.70. The molecule has 0 saturated heterocycles. The van der Waals surface area contributed by atoms with Crippen LogP contribution in [0.4, 0.5) is 0 Å². The summed E-state index contributed by atoms with van der Waals surface area (Å²) >= 11 is 0. The summed E-state index contributed by atoms with van der Waals surface area (Å²) in [5.41, 5.74) is 3.61. The third kappa shape index (κ3) is 2.42. The van der Waals surface area contributed by atoms with Gasteiger partial charge in [0.2, 0.25) is 0 Å². The molecule has 0 spiro atoms. The molecule has 0 heterocycles. The van der Waals surface area contributed by atoms with E-state index in [1.54, 1.807) is 11.1 Å². The molecule has 4 unspecified atom stereocenters. The highest BCUT2D eigenvalue weighted by Gasteiger charge is 2.56. The van der Waals surface area contributed by atoms with Gasteiger partial charge < -0.3 is 5.11 Å². The number of fused-ring (bicyclic) bond motifs is 5. The second-order valence-corrected chi connectivity index (χ2v) is 9.25. The molecule has 4 rings (SSSR count). The fourth-order valence-electron chi connectivity index (χ4n) is 7.19. The van der Waals surface area contributed by atoms with Crippen LogP contribution in [0.15, 0.2) is 35.6 Å². The lowest BCUT2D eigenvalue weighted by atomic mass is 9.51. The first kappa shape index (κ1) is 16.5. The van der Waals surface area contributed by atoms with Gasteiger partial charge in [0.05, 0.1) is 0 Å². The minimum absolute atomic E-state index is 0.511. The molecule has 4 aliphatic carbocycles. The maximum atomic E-state index is 9.86. The van der Waals surface area contributed by atoms with Gasteiger partial charge in [0.25, 0.3) is 0 Å². The van der Waals surface area contributed by atoms with Gasteiger partial charge in [-0.1, -0.05) is 38.0 Å². The highest BCUT2D eigenvalue weighted by molar-refractivity contribution is 5.29. The van der Waals surface area contributed by atoms with Crippen molar-refractivity contribution in [3.05, 3.63) is 35.6 Å². The van der Waals surface area contributed by atoms with Crippen LogP contribution in [0, 0.1) is 35.0 Å². The Morgan fingerprint density at radius 2 is 2.08 bits per heavy atom. The number of aliphatic hydroxyl groups is 1. The van der Waals surface area contributed by atoms with E-state index in [2.05, 4.69) is 32.6 Å². The van der Waals surface area contributed by atoms with Crippen LogP contribution in [0.3, 0.4) is 0 Å². The molecule has 3 saturated carbocycles. The Hall–Kier alpha value is -0.980. The molecule has 132 valence electrons. The van der Waals surface area contributed by atoms with Gasteiger partial charge in [0, 0.05) is 0 Å². The fraction of sp³-hybridized carbons (Fsp3) is 0.739. The molecule has 0 aliphatic heterocycles. The minimum Gasteiger partial charge on any atom is -0.508 e. The van der Waals surface area contributed by atoms with Crippen molar-refractivity contribution in [2.75, 3.05) is 0 Å². The van der Waals surface area contributed by atoms with Gasteiger partial charge in [-0.3, -0.25) is 0 Å². The first-order chi connectivity index (χ1) is 11.5. The quantitative estimate of drug-likeness (QED) is 0.580. The normalized spacial score (nSPS) is 44.0. The minimum atomic E-state index is 0.511. The number of aliphatic hydroxyl groups excluding tert-OH is 1. The van der Waals surface area contributed by atoms with Crippen molar-refractivity contribution in [1.82, 2.24) is 0 Å². The summed E-state index contributed by atoms with van der Waals surface area (Å²) in [4.78, 5) is 0. The van der Waals surface area contributed by atoms with Gasteiger partial charge in [0.1, 0.15) is 5.76 Å². The van der Waals surface area contributed by atoms with Crippen LogP contribution in [-0.2, 0) is 0 Å². The Balaban J connectivity index is 1.56. The lowest BCUT2D eigenvalue weighted by Gasteiger charge is -2.54. The van der Waals surface area contributed by atoms with Crippen molar-refractivity contribution in [3.63, 3.8) is 0 Å². The Labute approximate surface area is 147 Å². The van der Waals surface area contributed by atoms with Gasteiger partial charge in [-0.05, 0) is 98.5 Å². The summed E-state index contributed by atoms with van der Waals surface area (Å²) < 4.78 is 0. The second-order valence-electron chi connectivity index (χ2n) is 9.25. The van der Waals surface area contributed by atoms with Crippen LogP contribution < -0.4 is 0 Å². The van der Waals surface area contributed by atoms with Gasteiger partial charge in [-0.15, -0.1) is 0 Å². The van der Waals surface area contributed by atoms with E-state index in [0.29, 0.717) is 11.2 Å². The van der Waals surface area contributed by atoms with E-state index in [1.165, 1.54) is 51.4 Å². The summed E-state index contributed by atoms with van der Waals surface area (Å²) in [6.45, 7) is 9.39. The molecule has 0 aromatic heterocycles. The molecule has 0 radical (unpaired) electrons. The Morgan fingerprint density at radius 3 is 2.88 bits per heavy atom. The molecule has 0 aromatic rings. The smallest absolute Gasteiger partial charge is 0.111 e. The highest BCUT2D eigenvalue weighted by Crippen LogP contribution is 2.64. The molecule has 6 atom stereocenters. The summed E-state index contributed by atoms with van der Waals surface area (Å²) in [5, 5.41) is 9.86. The van der Waals surface area contributed by atoms with E-state index in [9.17, 15) is 5.11 Å². The van der Waals surface area contributed by atoms with E-state index in [4.69, 9.17) is 0 Å². The highest BCUT2D eigenvalue weighted by atomic mass is 16.3. The van der Waals surface area contributed by atoms with Gasteiger partial charge in [-0.2, -0.15) is 0 Å². The predicted octanol–water partition coefficient (Wildman–Crippen LogP) is 6.58. The first-order valence-corrected chi connectivity index (χ1v) is 10.3. The SMILES string of the molecule is C=C(CCC)[C@H]1CCC2C3CCC4=CC(O)=CCC4C3CC[C@@]21C. The monoisotopic (exact) mass is 326 g/mol. The molecule has 1 nitrogen and oxygen atoms in total. The number of hydrogen-bond acceptors (Lipinski definition) is 1. The fourth-order valence-corrected chi connectivity index (χ4v) is 7.19. The average Bonchev–Trinajstić information content (AvgIpc) is 2.92. The standard InChI is InChI=1S/C23H34O/c1-4-5-15(2)21-10-11-22-20-8-6-16-14-17(24)7-9-18(16)19(20)12-13-23(21,22)3/h7,14,18-22,24H,2,4-6,8-13H2,1,3H3/t18?,19?,20?,21-,22?,23-/m1/s1. The Kier molecular flexibility index (Phi) is 4.17. The zero-order valence-electron chi connectivity index (χ0n) is 15.6. The molecular formula is C23H34O. The largest absolute Gasteiger partial charge is 0.508 e. The van der Waals surface area contributed by atoms with Crippen molar-refractivity contribution in [3.8, 4) is 0 Å². The van der Waals surface area contributed by atoms with Crippen LogP contribution >= 0.6 is 0 Å². The molecule has 0 bridgehead atoms. The van der Waals surface area contributed by atoms with Crippen LogP contribution in [0.25, 0.3) is 0 Å². The maximum absolute atomic E-state index is 9.86. The van der Waals surface area contributed by atoms with Crippen molar-refractivity contribution in [1.29, 1.82) is 0 Å². The average molecular weight is 327 g/mol. The number of rotatable bonds is 3. The van der Waals surface area contributed by atoms with Crippen LogP contribution in [-0.4, -0.2) is 5.11 Å². The predicted molar refractivity (Wildman–Crippen MR) is 101 cm³/mol. The third-order valence-electron chi connectivity index (χ3n) is 8.23. The van der Waals surface area contributed by atoms with Crippen molar-refractivity contribution >= 4 is 0 Å². The molecule has 0 aromatic carbocycles. The third-order valence-corrected chi connectivity index (χ3v) is 8.23. The van der Waals surface area contributed by atoms with Crippen molar-refractivity contribution < 1.29 is 5.11 Å². The first-order valence-electron chi connectivity index (χ1n) is 10.3. The van der Waals surface area contributed by atoms with E-state index in [0.717, 1.165) is 36.0 Å². The molecule has 24 heavy (non-hydrogen) atoms. The number of hydrogen-bond donors (Lipinski definition) is 1. The summed E-state index contributed by atoms with van der Waals surface area (Å²) in [7, 11) is 0. The topological polar surface area (TPSA) is 20.2 Å².